The number of fused-ring (bicyclic) bond motifs is 3. The first-order valence-electron chi connectivity index (χ1n) is 7.84. The van der Waals surface area contributed by atoms with Crippen LogP contribution in [0, 0.1) is 0 Å². The van der Waals surface area contributed by atoms with Crippen LogP contribution in [0.2, 0.25) is 0 Å². The predicted octanol–water partition coefficient (Wildman–Crippen LogP) is 0.321. The number of rotatable bonds is 6. The average Bonchev–Trinajstić information content (AvgIpc) is 3.05. The van der Waals surface area contributed by atoms with E-state index >= 15 is 0 Å². The van der Waals surface area contributed by atoms with Gasteiger partial charge in [0.2, 0.25) is 0 Å². The molecule has 0 fully saturated rings. The van der Waals surface area contributed by atoms with E-state index in [1.807, 2.05) is 0 Å². The maximum atomic E-state index is 12.7. The van der Waals surface area contributed by atoms with Gasteiger partial charge >= 0.3 is 17.9 Å². The molecule has 1 atom stereocenters. The normalized spacial score (nSPS) is 12.2. The van der Waals surface area contributed by atoms with Gasteiger partial charge in [-0.1, -0.05) is 0 Å². The summed E-state index contributed by atoms with van der Waals surface area (Å²) in [4.78, 5) is 51.0. The molecule has 1 unspecified atom stereocenters. The molecule has 0 bridgehead atoms. The fourth-order valence-electron chi connectivity index (χ4n) is 2.70. The molecular formula is C16H14N4O7. The van der Waals surface area contributed by atoms with Gasteiger partial charge in [-0.15, -0.1) is 0 Å². The summed E-state index contributed by atoms with van der Waals surface area (Å²) in [5.74, 6) is -3.41. The van der Waals surface area contributed by atoms with Crippen LogP contribution < -0.4 is 5.56 Å². The zero-order chi connectivity index (χ0) is 19.7. The lowest BCUT2D eigenvalue weighted by Gasteiger charge is -2.14. The third-order valence-electron chi connectivity index (χ3n) is 3.91. The molecule has 0 aliphatic carbocycles. The van der Waals surface area contributed by atoms with Crippen LogP contribution in [0.5, 0.6) is 0 Å². The van der Waals surface area contributed by atoms with Crippen molar-refractivity contribution in [1.82, 2.24) is 19.2 Å². The largest absolute Gasteiger partial charge is 0.481 e. The van der Waals surface area contributed by atoms with E-state index < -0.39 is 35.9 Å². The number of hydrogen-bond donors (Lipinski definition) is 2. The fourth-order valence-corrected chi connectivity index (χ4v) is 2.70. The second kappa shape index (κ2) is 6.86. The molecule has 3 heterocycles. The Bertz CT molecular complexity index is 1130. The Morgan fingerprint density at radius 3 is 2.63 bits per heavy atom. The zero-order valence-electron chi connectivity index (χ0n) is 14.0. The van der Waals surface area contributed by atoms with E-state index in [4.69, 9.17) is 9.84 Å². The standard InChI is InChI=1S/C16H14N4O7/c1-2-27-16(26)9-7-18-20-10-3-4-19(11(15(24)25)5-12(21)22)14(23)8(10)6-17-13(9)20/h3-4,6-7,11H,2,5H2,1H3,(H,21,22)(H,24,25). The lowest BCUT2D eigenvalue weighted by atomic mass is 10.2. The number of aromatic nitrogens is 4. The summed E-state index contributed by atoms with van der Waals surface area (Å²) in [6.45, 7) is 1.83. The number of carbonyl (C=O) groups excluding carboxylic acids is 1. The summed E-state index contributed by atoms with van der Waals surface area (Å²) in [5.41, 5.74) is -0.143. The molecule has 27 heavy (non-hydrogen) atoms. The summed E-state index contributed by atoms with van der Waals surface area (Å²) >= 11 is 0. The SMILES string of the molecule is CCOC(=O)c1cnn2c1ncc1c(=O)n(C(CC(=O)O)C(=O)O)ccc12. The average molecular weight is 374 g/mol. The van der Waals surface area contributed by atoms with Crippen molar-refractivity contribution >= 4 is 34.5 Å². The maximum absolute atomic E-state index is 12.7. The van der Waals surface area contributed by atoms with Gasteiger partial charge in [-0.05, 0) is 13.0 Å². The molecule has 140 valence electrons. The first-order chi connectivity index (χ1) is 12.8. The van der Waals surface area contributed by atoms with Gasteiger partial charge in [0.1, 0.15) is 11.6 Å². The molecule has 0 amide bonds. The Morgan fingerprint density at radius 2 is 2.00 bits per heavy atom. The van der Waals surface area contributed by atoms with Gasteiger partial charge in [0.05, 0.1) is 30.1 Å². The van der Waals surface area contributed by atoms with Gasteiger partial charge < -0.3 is 14.9 Å². The molecule has 3 aromatic heterocycles. The predicted molar refractivity (Wildman–Crippen MR) is 89.6 cm³/mol. The number of carboxylic acids is 2. The molecule has 3 aromatic rings. The molecular weight excluding hydrogens is 360 g/mol. The molecule has 0 aromatic carbocycles. The second-order valence-electron chi connectivity index (χ2n) is 5.55. The van der Waals surface area contributed by atoms with Crippen molar-refractivity contribution in [1.29, 1.82) is 0 Å². The minimum Gasteiger partial charge on any atom is -0.481 e. The molecule has 11 nitrogen and oxygen atoms in total. The summed E-state index contributed by atoms with van der Waals surface area (Å²) in [7, 11) is 0. The number of hydrogen-bond acceptors (Lipinski definition) is 7. The number of aliphatic carboxylic acids is 2. The summed E-state index contributed by atoms with van der Waals surface area (Å²) in [6, 6.07) is -0.159. The van der Waals surface area contributed by atoms with Crippen LogP contribution in [-0.2, 0) is 14.3 Å². The third-order valence-corrected chi connectivity index (χ3v) is 3.91. The van der Waals surface area contributed by atoms with Gasteiger partial charge in [0, 0.05) is 12.4 Å². The topological polar surface area (TPSA) is 153 Å². The van der Waals surface area contributed by atoms with Crippen LogP contribution in [0.4, 0.5) is 0 Å². The highest BCUT2D eigenvalue weighted by atomic mass is 16.5. The Morgan fingerprint density at radius 1 is 1.26 bits per heavy atom. The number of nitrogens with zero attached hydrogens (tertiary/aromatic N) is 4. The lowest BCUT2D eigenvalue weighted by Crippen LogP contribution is -2.31. The molecule has 2 N–H and O–H groups in total. The minimum absolute atomic E-state index is 0.0279. The van der Waals surface area contributed by atoms with Crippen molar-refractivity contribution in [3.05, 3.63) is 40.6 Å². The molecule has 0 saturated carbocycles. The van der Waals surface area contributed by atoms with Crippen LogP contribution in [0.3, 0.4) is 0 Å². The van der Waals surface area contributed by atoms with Gasteiger partial charge in [0.25, 0.3) is 5.56 Å². The van der Waals surface area contributed by atoms with Gasteiger partial charge in [-0.25, -0.2) is 19.1 Å². The van der Waals surface area contributed by atoms with Crippen molar-refractivity contribution in [2.24, 2.45) is 0 Å². The number of esters is 1. The van der Waals surface area contributed by atoms with Crippen molar-refractivity contribution in [2.45, 2.75) is 19.4 Å². The minimum atomic E-state index is -1.57. The van der Waals surface area contributed by atoms with Crippen molar-refractivity contribution in [2.75, 3.05) is 6.61 Å². The van der Waals surface area contributed by atoms with Crippen LogP contribution >= 0.6 is 0 Å². The first kappa shape index (κ1) is 18.0. The highest BCUT2D eigenvalue weighted by Crippen LogP contribution is 2.17. The highest BCUT2D eigenvalue weighted by molar-refractivity contribution is 5.97. The Hall–Kier alpha value is -3.76. The summed E-state index contributed by atoms with van der Waals surface area (Å²) in [6.07, 6.45) is 2.87. The van der Waals surface area contributed by atoms with Crippen molar-refractivity contribution in [3.8, 4) is 0 Å². The molecule has 3 rings (SSSR count). The smallest absolute Gasteiger partial charge is 0.343 e. The summed E-state index contributed by atoms with van der Waals surface area (Å²) < 4.78 is 7.01. The molecule has 0 aliphatic heterocycles. The van der Waals surface area contributed by atoms with Crippen LogP contribution in [0.25, 0.3) is 16.6 Å². The zero-order valence-corrected chi connectivity index (χ0v) is 14.0. The van der Waals surface area contributed by atoms with Crippen LogP contribution in [-0.4, -0.2) is 53.9 Å². The van der Waals surface area contributed by atoms with Crippen LogP contribution in [0.15, 0.2) is 29.5 Å². The van der Waals surface area contributed by atoms with E-state index in [0.717, 1.165) is 4.57 Å². The van der Waals surface area contributed by atoms with Gasteiger partial charge in [-0.3, -0.25) is 14.2 Å². The Labute approximate surface area is 150 Å². The number of ether oxygens (including phenoxy) is 1. The molecule has 0 aliphatic rings. The summed E-state index contributed by atoms with van der Waals surface area (Å²) in [5, 5.41) is 22.2. The first-order valence-corrected chi connectivity index (χ1v) is 7.84. The Balaban J connectivity index is 2.19. The maximum Gasteiger partial charge on any atom is 0.343 e. The van der Waals surface area contributed by atoms with E-state index in [1.54, 1.807) is 6.92 Å². The highest BCUT2D eigenvalue weighted by Gasteiger charge is 2.25. The van der Waals surface area contributed by atoms with Gasteiger partial charge in [-0.2, -0.15) is 5.10 Å². The molecule has 11 heteroatoms. The van der Waals surface area contributed by atoms with Crippen molar-refractivity contribution < 1.29 is 29.3 Å². The third kappa shape index (κ3) is 3.10. The van der Waals surface area contributed by atoms with E-state index in [2.05, 4.69) is 10.1 Å². The van der Waals surface area contributed by atoms with E-state index in [-0.39, 0.29) is 28.7 Å². The molecule has 0 radical (unpaired) electrons. The van der Waals surface area contributed by atoms with E-state index in [0.29, 0.717) is 0 Å². The van der Waals surface area contributed by atoms with Crippen molar-refractivity contribution in [3.63, 3.8) is 0 Å². The molecule has 0 spiro atoms. The fraction of sp³-hybridized carbons (Fsp3) is 0.250. The lowest BCUT2D eigenvalue weighted by molar-refractivity contribution is -0.147. The Kier molecular flexibility index (Phi) is 4.59. The van der Waals surface area contributed by atoms with Gasteiger partial charge in [0.15, 0.2) is 5.65 Å². The van der Waals surface area contributed by atoms with E-state index in [9.17, 15) is 24.3 Å². The monoisotopic (exact) mass is 374 g/mol. The second-order valence-corrected chi connectivity index (χ2v) is 5.55. The van der Waals surface area contributed by atoms with E-state index in [1.165, 1.54) is 29.2 Å². The number of carbonyl (C=O) groups is 3. The van der Waals surface area contributed by atoms with Crippen LogP contribution in [0.1, 0.15) is 29.7 Å². The molecule has 0 saturated heterocycles. The number of carboxylic acid groups (broad SMARTS) is 2. The number of pyridine rings is 1. The quantitative estimate of drug-likeness (QED) is 0.581.